The van der Waals surface area contributed by atoms with Gasteiger partial charge in [-0.3, -0.25) is 0 Å². The molecule has 1 aliphatic rings. The first-order valence-electron chi connectivity index (χ1n) is 9.71. The first-order chi connectivity index (χ1) is 11.5. The summed E-state index contributed by atoms with van der Waals surface area (Å²) in [6.45, 7) is 13.3. The van der Waals surface area contributed by atoms with Crippen LogP contribution in [-0.2, 0) is 0 Å². The second-order valence-electron chi connectivity index (χ2n) is 6.95. The van der Waals surface area contributed by atoms with E-state index in [1.165, 1.54) is 12.0 Å². The van der Waals surface area contributed by atoms with Crippen molar-refractivity contribution < 1.29 is 4.39 Å². The molecular weight excluding hydrogens is 297 g/mol. The number of halogens is 1. The third-order valence-corrected chi connectivity index (χ3v) is 4.90. The summed E-state index contributed by atoms with van der Waals surface area (Å²) >= 11 is 0. The lowest BCUT2D eigenvalue weighted by Crippen LogP contribution is -2.22. The standard InChI is InChI=1S/C22H36FN/c1-6-11-17(4)16-19(7-2)13-14-21-22(18(5)23)20(8-3)12-9-10-15-24-21/h13-14,16,19-20,24H,5-12,15H2,1-4H3/b14-13+,17-16+,22-21-. The van der Waals surface area contributed by atoms with E-state index < -0.39 is 0 Å². The number of allylic oxidation sites excluding steroid dienone is 6. The molecule has 0 saturated carbocycles. The first kappa shape index (κ1) is 20.7. The van der Waals surface area contributed by atoms with Crippen LogP contribution < -0.4 is 5.32 Å². The van der Waals surface area contributed by atoms with Gasteiger partial charge in [0.25, 0.3) is 0 Å². The van der Waals surface area contributed by atoms with E-state index in [-0.39, 0.29) is 11.7 Å². The highest BCUT2D eigenvalue weighted by Gasteiger charge is 2.20. The fourth-order valence-electron chi connectivity index (χ4n) is 3.50. The van der Waals surface area contributed by atoms with E-state index in [0.717, 1.165) is 56.3 Å². The van der Waals surface area contributed by atoms with Gasteiger partial charge in [0.05, 0.1) is 0 Å². The van der Waals surface area contributed by atoms with Crippen LogP contribution in [0.5, 0.6) is 0 Å². The smallest absolute Gasteiger partial charge is 0.121 e. The van der Waals surface area contributed by atoms with E-state index in [1.807, 2.05) is 0 Å². The number of hydrogen-bond donors (Lipinski definition) is 1. The zero-order valence-electron chi connectivity index (χ0n) is 16.1. The highest BCUT2D eigenvalue weighted by Crippen LogP contribution is 2.31. The maximum Gasteiger partial charge on any atom is 0.121 e. The molecule has 0 radical (unpaired) electrons. The summed E-state index contributed by atoms with van der Waals surface area (Å²) in [6.07, 6.45) is 14.4. The molecule has 0 fully saturated rings. The summed E-state index contributed by atoms with van der Waals surface area (Å²) in [5.74, 6) is 0.402. The second kappa shape index (κ2) is 11.3. The number of nitrogens with one attached hydrogen (secondary N) is 1. The quantitative estimate of drug-likeness (QED) is 0.479. The summed E-state index contributed by atoms with van der Waals surface area (Å²) in [5.41, 5.74) is 3.17. The summed E-state index contributed by atoms with van der Waals surface area (Å²) in [4.78, 5) is 0. The Morgan fingerprint density at radius 2 is 2.08 bits per heavy atom. The fraction of sp³-hybridized carbons (Fsp3) is 0.636. The van der Waals surface area contributed by atoms with Crippen molar-refractivity contribution in [3.05, 3.63) is 47.5 Å². The monoisotopic (exact) mass is 333 g/mol. The van der Waals surface area contributed by atoms with Crippen molar-refractivity contribution >= 4 is 0 Å². The van der Waals surface area contributed by atoms with Crippen LogP contribution in [0.2, 0.25) is 0 Å². The number of rotatable bonds is 8. The lowest BCUT2D eigenvalue weighted by Gasteiger charge is -2.24. The molecule has 2 unspecified atom stereocenters. The molecule has 0 aromatic rings. The van der Waals surface area contributed by atoms with Crippen molar-refractivity contribution in [2.75, 3.05) is 6.54 Å². The predicted octanol–water partition coefficient (Wildman–Crippen LogP) is 6.85. The van der Waals surface area contributed by atoms with E-state index in [4.69, 9.17) is 0 Å². The molecule has 2 atom stereocenters. The average molecular weight is 334 g/mol. The summed E-state index contributed by atoms with van der Waals surface area (Å²) in [6, 6.07) is 0. The molecule has 1 aliphatic heterocycles. The Morgan fingerprint density at radius 1 is 1.33 bits per heavy atom. The van der Waals surface area contributed by atoms with Gasteiger partial charge in [0.15, 0.2) is 0 Å². The van der Waals surface area contributed by atoms with Crippen molar-refractivity contribution in [3.63, 3.8) is 0 Å². The summed E-state index contributed by atoms with van der Waals surface area (Å²) in [5, 5.41) is 3.45. The Kier molecular flexibility index (Phi) is 9.75. The molecule has 0 spiro atoms. The maximum atomic E-state index is 14.2. The topological polar surface area (TPSA) is 12.0 Å². The largest absolute Gasteiger partial charge is 0.385 e. The van der Waals surface area contributed by atoms with E-state index in [1.54, 1.807) is 0 Å². The minimum atomic E-state index is -0.276. The van der Waals surface area contributed by atoms with Gasteiger partial charge in [-0.2, -0.15) is 0 Å². The summed E-state index contributed by atoms with van der Waals surface area (Å²) < 4.78 is 14.2. The maximum absolute atomic E-state index is 14.2. The van der Waals surface area contributed by atoms with Crippen molar-refractivity contribution in [1.29, 1.82) is 0 Å². The van der Waals surface area contributed by atoms with Crippen molar-refractivity contribution in [1.82, 2.24) is 5.32 Å². The molecule has 24 heavy (non-hydrogen) atoms. The van der Waals surface area contributed by atoms with Crippen LogP contribution >= 0.6 is 0 Å². The first-order valence-corrected chi connectivity index (χ1v) is 9.71. The molecule has 0 aromatic carbocycles. The van der Waals surface area contributed by atoms with Gasteiger partial charge in [-0.1, -0.05) is 57.9 Å². The van der Waals surface area contributed by atoms with Gasteiger partial charge in [0.1, 0.15) is 5.83 Å². The molecule has 1 rings (SSSR count). The Balaban J connectivity index is 3.08. The molecule has 136 valence electrons. The van der Waals surface area contributed by atoms with Crippen LogP contribution in [0.15, 0.2) is 47.5 Å². The Hall–Kier alpha value is -1.31. The molecule has 0 bridgehead atoms. The van der Waals surface area contributed by atoms with Gasteiger partial charge in [-0.05, 0) is 56.9 Å². The Labute approximate surface area is 148 Å². The van der Waals surface area contributed by atoms with Crippen LogP contribution in [0, 0.1) is 11.8 Å². The molecule has 1 N–H and O–H groups in total. The van der Waals surface area contributed by atoms with E-state index in [0.29, 0.717) is 5.92 Å². The van der Waals surface area contributed by atoms with Crippen LogP contribution in [0.4, 0.5) is 4.39 Å². The molecule has 2 heteroatoms. The van der Waals surface area contributed by atoms with Gasteiger partial charge in [0.2, 0.25) is 0 Å². The SMILES string of the molecule is C=C(F)/C1=C(\C=C\C(/C=C(\C)CCC)CC)NCCCCC1CC. The average Bonchev–Trinajstić information content (AvgIpc) is 2.52. The molecular formula is C22H36FN. The zero-order valence-corrected chi connectivity index (χ0v) is 16.1. The van der Waals surface area contributed by atoms with E-state index in [9.17, 15) is 4.39 Å². The molecule has 0 saturated heterocycles. The normalized spacial score (nSPS) is 24.4. The molecule has 1 nitrogen and oxygen atoms in total. The lowest BCUT2D eigenvalue weighted by atomic mass is 9.87. The van der Waals surface area contributed by atoms with Crippen molar-refractivity contribution in [2.45, 2.75) is 72.6 Å². The number of hydrogen-bond acceptors (Lipinski definition) is 1. The van der Waals surface area contributed by atoms with E-state index >= 15 is 0 Å². The van der Waals surface area contributed by atoms with Crippen molar-refractivity contribution in [3.8, 4) is 0 Å². The summed E-state index contributed by atoms with van der Waals surface area (Å²) in [7, 11) is 0. The van der Waals surface area contributed by atoms with Crippen LogP contribution in [-0.4, -0.2) is 6.54 Å². The Bertz CT molecular complexity index is 484. The minimum absolute atomic E-state index is 0.271. The third-order valence-electron chi connectivity index (χ3n) is 4.90. The fourth-order valence-corrected chi connectivity index (χ4v) is 3.50. The van der Waals surface area contributed by atoms with Crippen molar-refractivity contribution in [2.24, 2.45) is 11.8 Å². The van der Waals surface area contributed by atoms with Gasteiger partial charge in [-0.25, -0.2) is 4.39 Å². The zero-order chi connectivity index (χ0) is 17.9. The highest BCUT2D eigenvalue weighted by atomic mass is 19.1. The highest BCUT2D eigenvalue weighted by molar-refractivity contribution is 5.37. The molecule has 1 heterocycles. The van der Waals surface area contributed by atoms with Crippen LogP contribution in [0.25, 0.3) is 0 Å². The third kappa shape index (κ3) is 6.67. The van der Waals surface area contributed by atoms with Gasteiger partial charge in [-0.15, -0.1) is 0 Å². The van der Waals surface area contributed by atoms with Crippen LogP contribution in [0.1, 0.15) is 72.6 Å². The predicted molar refractivity (Wildman–Crippen MR) is 104 cm³/mol. The molecule has 0 amide bonds. The second-order valence-corrected chi connectivity index (χ2v) is 6.95. The van der Waals surface area contributed by atoms with Crippen LogP contribution in [0.3, 0.4) is 0 Å². The van der Waals surface area contributed by atoms with Gasteiger partial charge in [0, 0.05) is 17.8 Å². The van der Waals surface area contributed by atoms with E-state index in [2.05, 4.69) is 57.8 Å². The molecule has 0 aromatic heterocycles. The molecule has 0 aliphatic carbocycles. The lowest BCUT2D eigenvalue weighted by molar-refractivity contribution is 0.463. The minimum Gasteiger partial charge on any atom is -0.385 e. The van der Waals surface area contributed by atoms with Gasteiger partial charge >= 0.3 is 0 Å². The Morgan fingerprint density at radius 3 is 2.67 bits per heavy atom. The van der Waals surface area contributed by atoms with Gasteiger partial charge < -0.3 is 5.32 Å².